The van der Waals surface area contributed by atoms with Crippen LogP contribution in [0.5, 0.6) is 0 Å². The third-order valence-electron chi connectivity index (χ3n) is 4.05. The highest BCUT2D eigenvalue weighted by Crippen LogP contribution is 2.25. The van der Waals surface area contributed by atoms with Crippen molar-refractivity contribution < 1.29 is 9.72 Å². The number of alkyl halides is 1. The van der Waals surface area contributed by atoms with Gasteiger partial charge in [0.15, 0.2) is 0 Å². The molecule has 1 saturated heterocycles. The number of hydrogen-bond acceptors (Lipinski definition) is 3. The number of halogens is 1. The lowest BCUT2D eigenvalue weighted by molar-refractivity contribution is -0.385. The standard InChI is InChI=1S/C15H19BrN2O3/c1-11-13(7-5-8-14(11)18(20)21)15(19)17-9-4-2-3-6-12(17)10-16/h5,7-8,12H,2-4,6,9-10H2,1H3. The van der Waals surface area contributed by atoms with Crippen molar-refractivity contribution in [2.45, 2.75) is 38.6 Å². The van der Waals surface area contributed by atoms with Gasteiger partial charge in [-0.2, -0.15) is 0 Å². The minimum Gasteiger partial charge on any atom is -0.335 e. The van der Waals surface area contributed by atoms with Crippen LogP contribution in [0.25, 0.3) is 0 Å². The lowest BCUT2D eigenvalue weighted by Crippen LogP contribution is -2.41. The second-order valence-electron chi connectivity index (χ2n) is 5.36. The molecule has 1 aliphatic rings. The summed E-state index contributed by atoms with van der Waals surface area (Å²) in [5.74, 6) is -0.0949. The molecule has 1 aromatic rings. The molecule has 0 spiro atoms. The van der Waals surface area contributed by atoms with Crippen molar-refractivity contribution in [3.63, 3.8) is 0 Å². The highest BCUT2D eigenvalue weighted by Gasteiger charge is 2.28. The maximum absolute atomic E-state index is 12.8. The average molecular weight is 355 g/mol. The van der Waals surface area contributed by atoms with Gasteiger partial charge in [-0.3, -0.25) is 14.9 Å². The Morgan fingerprint density at radius 1 is 1.43 bits per heavy atom. The summed E-state index contributed by atoms with van der Waals surface area (Å²) in [6, 6.07) is 4.87. The molecule has 1 atom stereocenters. The van der Waals surface area contributed by atoms with Gasteiger partial charge in [-0.05, 0) is 25.8 Å². The van der Waals surface area contributed by atoms with Gasteiger partial charge in [0.2, 0.25) is 0 Å². The number of nitrogens with zero attached hydrogens (tertiary/aromatic N) is 2. The Kier molecular flexibility index (Phi) is 5.33. The summed E-state index contributed by atoms with van der Waals surface area (Å²) in [5.41, 5.74) is 0.896. The number of carbonyl (C=O) groups is 1. The van der Waals surface area contributed by atoms with Crippen LogP contribution in [0.3, 0.4) is 0 Å². The van der Waals surface area contributed by atoms with Gasteiger partial charge in [0.1, 0.15) is 0 Å². The van der Waals surface area contributed by atoms with E-state index in [-0.39, 0.29) is 17.6 Å². The lowest BCUT2D eigenvalue weighted by atomic mass is 10.0. The SMILES string of the molecule is Cc1c(C(=O)N2CCCCCC2CBr)cccc1[N+](=O)[O-]. The number of nitro benzene ring substituents is 1. The third kappa shape index (κ3) is 3.43. The first-order chi connectivity index (χ1) is 10.1. The number of nitro groups is 1. The highest BCUT2D eigenvalue weighted by molar-refractivity contribution is 9.09. The minimum absolute atomic E-state index is 0.00561. The molecule has 6 heteroatoms. The van der Waals surface area contributed by atoms with E-state index in [9.17, 15) is 14.9 Å². The Bertz CT molecular complexity index is 548. The average Bonchev–Trinajstić information content (AvgIpc) is 2.71. The molecule has 1 heterocycles. The van der Waals surface area contributed by atoms with Crippen molar-refractivity contribution in [1.29, 1.82) is 0 Å². The highest BCUT2D eigenvalue weighted by atomic mass is 79.9. The van der Waals surface area contributed by atoms with Crippen molar-refractivity contribution >= 4 is 27.5 Å². The van der Waals surface area contributed by atoms with Gasteiger partial charge in [0.25, 0.3) is 11.6 Å². The summed E-state index contributed by atoms with van der Waals surface area (Å²) in [7, 11) is 0. The van der Waals surface area contributed by atoms with E-state index in [1.807, 2.05) is 4.90 Å². The lowest BCUT2D eigenvalue weighted by Gasteiger charge is -2.29. The van der Waals surface area contributed by atoms with Gasteiger partial charge in [-0.25, -0.2) is 0 Å². The van der Waals surface area contributed by atoms with Gasteiger partial charge >= 0.3 is 0 Å². The van der Waals surface area contributed by atoms with Gasteiger partial charge in [-0.15, -0.1) is 0 Å². The molecule has 1 unspecified atom stereocenters. The molecule has 1 aliphatic heterocycles. The molecule has 1 amide bonds. The van der Waals surface area contributed by atoms with Crippen LogP contribution < -0.4 is 0 Å². The molecule has 0 saturated carbocycles. The number of hydrogen-bond donors (Lipinski definition) is 0. The monoisotopic (exact) mass is 354 g/mol. The zero-order chi connectivity index (χ0) is 15.4. The molecule has 0 aliphatic carbocycles. The first-order valence-corrected chi connectivity index (χ1v) is 8.29. The fraction of sp³-hybridized carbons (Fsp3) is 0.533. The van der Waals surface area contributed by atoms with Crippen LogP contribution in [-0.2, 0) is 0 Å². The van der Waals surface area contributed by atoms with Gasteiger partial charge in [0.05, 0.1) is 4.92 Å². The number of amides is 1. The summed E-state index contributed by atoms with van der Waals surface area (Å²) in [5, 5.41) is 11.8. The molecule has 21 heavy (non-hydrogen) atoms. The summed E-state index contributed by atoms with van der Waals surface area (Å²) >= 11 is 3.48. The fourth-order valence-electron chi connectivity index (χ4n) is 2.81. The van der Waals surface area contributed by atoms with Crippen molar-refractivity contribution in [3.8, 4) is 0 Å². The number of carbonyl (C=O) groups excluding carboxylic acids is 1. The fourth-order valence-corrected chi connectivity index (χ4v) is 3.49. The second kappa shape index (κ2) is 7.02. The van der Waals surface area contributed by atoms with Gasteiger partial charge in [-0.1, -0.05) is 34.8 Å². The van der Waals surface area contributed by atoms with E-state index in [2.05, 4.69) is 15.9 Å². The Labute approximate surface area is 132 Å². The largest absolute Gasteiger partial charge is 0.335 e. The van der Waals surface area contributed by atoms with Crippen LogP contribution in [0.4, 0.5) is 5.69 Å². The van der Waals surface area contributed by atoms with E-state index in [4.69, 9.17) is 0 Å². The Morgan fingerprint density at radius 2 is 2.19 bits per heavy atom. The molecule has 1 aromatic carbocycles. The Balaban J connectivity index is 2.34. The number of benzene rings is 1. The van der Waals surface area contributed by atoms with Crippen LogP contribution in [0, 0.1) is 17.0 Å². The molecule has 0 bridgehead atoms. The van der Waals surface area contributed by atoms with E-state index in [0.717, 1.165) is 37.6 Å². The quantitative estimate of drug-likeness (QED) is 0.472. The summed E-state index contributed by atoms with van der Waals surface area (Å²) in [6.45, 7) is 2.36. The Morgan fingerprint density at radius 3 is 2.86 bits per heavy atom. The normalized spacial score (nSPS) is 19.1. The number of likely N-dealkylation sites (tertiary alicyclic amines) is 1. The predicted octanol–water partition coefficient (Wildman–Crippen LogP) is 3.68. The molecule has 2 rings (SSSR count). The van der Waals surface area contributed by atoms with E-state index >= 15 is 0 Å². The molecular weight excluding hydrogens is 336 g/mol. The topological polar surface area (TPSA) is 63.5 Å². The van der Waals surface area contributed by atoms with Crippen molar-refractivity contribution in [2.75, 3.05) is 11.9 Å². The molecule has 0 radical (unpaired) electrons. The molecule has 5 nitrogen and oxygen atoms in total. The van der Waals surface area contributed by atoms with Crippen molar-refractivity contribution in [2.24, 2.45) is 0 Å². The molecular formula is C15H19BrN2O3. The third-order valence-corrected chi connectivity index (χ3v) is 4.80. The minimum atomic E-state index is -0.434. The van der Waals surface area contributed by atoms with E-state index < -0.39 is 4.92 Å². The van der Waals surface area contributed by atoms with Crippen LogP contribution >= 0.6 is 15.9 Å². The zero-order valence-electron chi connectivity index (χ0n) is 12.0. The summed E-state index contributed by atoms with van der Waals surface area (Å²) in [4.78, 5) is 25.3. The molecule has 1 fully saturated rings. The van der Waals surface area contributed by atoms with Crippen molar-refractivity contribution in [1.82, 2.24) is 4.90 Å². The predicted molar refractivity (Wildman–Crippen MR) is 84.9 cm³/mol. The molecule has 0 N–H and O–H groups in total. The maximum Gasteiger partial charge on any atom is 0.273 e. The zero-order valence-corrected chi connectivity index (χ0v) is 13.6. The van der Waals surface area contributed by atoms with Crippen molar-refractivity contribution in [3.05, 3.63) is 39.4 Å². The Hall–Kier alpha value is -1.43. The van der Waals surface area contributed by atoms with E-state index in [1.165, 1.54) is 6.07 Å². The van der Waals surface area contributed by atoms with Crippen LogP contribution in [-0.4, -0.2) is 33.6 Å². The summed E-state index contributed by atoms with van der Waals surface area (Å²) < 4.78 is 0. The molecule has 0 aromatic heterocycles. The maximum atomic E-state index is 12.8. The second-order valence-corrected chi connectivity index (χ2v) is 6.01. The smallest absolute Gasteiger partial charge is 0.273 e. The van der Waals surface area contributed by atoms with Crippen LogP contribution in [0.15, 0.2) is 18.2 Å². The van der Waals surface area contributed by atoms with Gasteiger partial charge < -0.3 is 4.90 Å². The van der Waals surface area contributed by atoms with E-state index in [0.29, 0.717) is 11.1 Å². The first-order valence-electron chi connectivity index (χ1n) is 7.17. The van der Waals surface area contributed by atoms with Crippen LogP contribution in [0.1, 0.15) is 41.6 Å². The van der Waals surface area contributed by atoms with Gasteiger partial charge in [0, 0.05) is 35.1 Å². The number of rotatable bonds is 3. The summed E-state index contributed by atoms with van der Waals surface area (Å²) in [6.07, 6.45) is 4.21. The van der Waals surface area contributed by atoms with Crippen LogP contribution in [0.2, 0.25) is 0 Å². The van der Waals surface area contributed by atoms with E-state index in [1.54, 1.807) is 19.1 Å². The first kappa shape index (κ1) is 15.9. The molecule has 114 valence electrons.